The van der Waals surface area contributed by atoms with Crippen molar-refractivity contribution >= 4 is 16.7 Å². The zero-order valence-electron chi connectivity index (χ0n) is 14.8. The third-order valence-electron chi connectivity index (χ3n) is 5.16. The smallest absolute Gasteiger partial charge is 0.355 e. The fourth-order valence-corrected chi connectivity index (χ4v) is 3.54. The Bertz CT molecular complexity index is 1020. The molecule has 0 spiro atoms. The molecule has 4 rings (SSSR count). The molecule has 1 aromatic carbocycles. The average molecular weight is 412 g/mol. The number of anilines is 1. The second-order valence-electron chi connectivity index (χ2n) is 6.88. The van der Waals surface area contributed by atoms with Crippen LogP contribution in [0.3, 0.4) is 0 Å². The molecule has 0 radical (unpaired) electrons. The number of alkyl halides is 6. The molecule has 1 aliphatic heterocycles. The van der Waals surface area contributed by atoms with Crippen molar-refractivity contribution in [2.45, 2.75) is 18.8 Å². The fourth-order valence-electron chi connectivity index (χ4n) is 3.54. The molecule has 1 fully saturated rings. The third kappa shape index (κ3) is 3.16. The van der Waals surface area contributed by atoms with Gasteiger partial charge in [-0.05, 0) is 30.7 Å². The molecule has 0 saturated carbocycles. The number of hydrogen-bond acceptors (Lipinski definition) is 4. The van der Waals surface area contributed by atoms with Gasteiger partial charge in [-0.15, -0.1) is 0 Å². The first kappa shape index (κ1) is 19.4. The lowest BCUT2D eigenvalue weighted by Gasteiger charge is -2.33. The van der Waals surface area contributed by atoms with Gasteiger partial charge in [0, 0.05) is 36.4 Å². The van der Waals surface area contributed by atoms with Crippen molar-refractivity contribution in [1.82, 2.24) is 15.0 Å². The quantitative estimate of drug-likeness (QED) is 0.555. The maximum absolute atomic E-state index is 13.5. The van der Waals surface area contributed by atoms with Gasteiger partial charge in [0.25, 0.3) is 0 Å². The first-order chi connectivity index (χ1) is 13.6. The largest absolute Gasteiger partial charge is 0.404 e. The van der Waals surface area contributed by atoms with Crippen molar-refractivity contribution < 1.29 is 26.3 Å². The van der Waals surface area contributed by atoms with Crippen molar-refractivity contribution in [2.24, 2.45) is 5.41 Å². The second kappa shape index (κ2) is 6.57. The number of fused-ring (bicyclic) bond motifs is 1. The Kier molecular flexibility index (Phi) is 4.39. The Morgan fingerprint density at radius 1 is 0.897 bits per heavy atom. The summed E-state index contributed by atoms with van der Waals surface area (Å²) in [6, 6.07) is 9.85. The molecule has 3 heterocycles. The van der Waals surface area contributed by atoms with Gasteiger partial charge in [-0.25, -0.2) is 9.97 Å². The number of para-hydroxylation sites is 1. The minimum Gasteiger partial charge on any atom is -0.355 e. The first-order valence-electron chi connectivity index (χ1n) is 8.68. The molecule has 0 atom stereocenters. The van der Waals surface area contributed by atoms with Crippen molar-refractivity contribution in [1.29, 1.82) is 0 Å². The van der Waals surface area contributed by atoms with E-state index in [9.17, 15) is 26.3 Å². The van der Waals surface area contributed by atoms with Crippen LogP contribution in [-0.2, 0) is 0 Å². The number of pyridine rings is 1. The summed E-state index contributed by atoms with van der Waals surface area (Å²) in [5.74, 6) is 0.230. The molecular weight excluding hydrogens is 398 g/mol. The van der Waals surface area contributed by atoms with E-state index in [2.05, 4.69) is 15.0 Å². The molecule has 0 unspecified atom stereocenters. The van der Waals surface area contributed by atoms with Crippen LogP contribution >= 0.6 is 0 Å². The number of rotatable bonds is 2. The molecule has 1 saturated heterocycles. The topological polar surface area (TPSA) is 41.9 Å². The minimum absolute atomic E-state index is 0.0461. The highest BCUT2D eigenvalue weighted by molar-refractivity contribution is 5.91. The van der Waals surface area contributed by atoms with Crippen molar-refractivity contribution in [3.63, 3.8) is 0 Å². The summed E-state index contributed by atoms with van der Waals surface area (Å²) in [6.45, 7) is -1.67. The fraction of sp³-hybridized carbons (Fsp3) is 0.316. The lowest BCUT2D eigenvalue weighted by molar-refractivity contribution is -0.332. The number of hydrogen-bond donors (Lipinski definition) is 0. The predicted molar refractivity (Wildman–Crippen MR) is 94.1 cm³/mol. The van der Waals surface area contributed by atoms with Crippen LogP contribution in [0.15, 0.2) is 48.8 Å². The van der Waals surface area contributed by atoms with E-state index in [0.29, 0.717) is 16.5 Å². The highest BCUT2D eigenvalue weighted by Crippen LogP contribution is 2.56. The molecular formula is C19H14F6N4. The van der Waals surface area contributed by atoms with E-state index in [4.69, 9.17) is 0 Å². The summed E-state index contributed by atoms with van der Waals surface area (Å²) >= 11 is 0. The molecule has 2 aromatic heterocycles. The highest BCUT2D eigenvalue weighted by atomic mass is 19.4. The van der Waals surface area contributed by atoms with Gasteiger partial charge >= 0.3 is 12.4 Å². The maximum atomic E-state index is 13.5. The van der Waals surface area contributed by atoms with Crippen molar-refractivity contribution in [3.05, 3.63) is 48.8 Å². The molecule has 3 aromatic rings. The Morgan fingerprint density at radius 2 is 1.62 bits per heavy atom. The average Bonchev–Trinajstić information content (AvgIpc) is 3.15. The summed E-state index contributed by atoms with van der Waals surface area (Å²) in [5.41, 5.74) is -2.86. The van der Waals surface area contributed by atoms with E-state index in [1.807, 2.05) is 0 Å². The van der Waals surface area contributed by atoms with Crippen LogP contribution in [0.5, 0.6) is 0 Å². The van der Waals surface area contributed by atoms with Gasteiger partial charge in [-0.3, -0.25) is 4.98 Å². The predicted octanol–water partition coefficient (Wildman–Crippen LogP) is 5.01. The summed E-state index contributed by atoms with van der Waals surface area (Å²) in [7, 11) is 0. The third-order valence-corrected chi connectivity index (χ3v) is 5.16. The van der Waals surface area contributed by atoms with Gasteiger partial charge in [0.05, 0.1) is 5.52 Å². The van der Waals surface area contributed by atoms with Crippen molar-refractivity contribution in [3.8, 4) is 11.4 Å². The zero-order chi connectivity index (χ0) is 20.9. The van der Waals surface area contributed by atoms with Crippen molar-refractivity contribution in [2.75, 3.05) is 18.0 Å². The molecule has 0 bridgehead atoms. The summed E-state index contributed by atoms with van der Waals surface area (Å²) < 4.78 is 80.8. The summed E-state index contributed by atoms with van der Waals surface area (Å²) in [5, 5.41) is 0.389. The number of halogens is 6. The molecule has 0 N–H and O–H groups in total. The lowest BCUT2D eigenvalue weighted by atomic mass is 9.85. The molecule has 0 amide bonds. The van der Waals surface area contributed by atoms with Crippen LogP contribution in [0.25, 0.3) is 22.3 Å². The molecule has 1 aliphatic rings. The second-order valence-corrected chi connectivity index (χ2v) is 6.88. The Balaban J connectivity index is 1.84. The van der Waals surface area contributed by atoms with E-state index < -0.39 is 37.3 Å². The van der Waals surface area contributed by atoms with Gasteiger partial charge in [-0.1, -0.05) is 12.1 Å². The van der Waals surface area contributed by atoms with Gasteiger partial charge < -0.3 is 4.90 Å². The number of aromatic nitrogens is 3. The van der Waals surface area contributed by atoms with Crippen LogP contribution in [0.1, 0.15) is 6.42 Å². The lowest BCUT2D eigenvalue weighted by Crippen LogP contribution is -2.51. The Labute approximate surface area is 161 Å². The number of benzene rings is 1. The maximum Gasteiger partial charge on any atom is 0.404 e. The van der Waals surface area contributed by atoms with Gasteiger partial charge in [0.15, 0.2) is 11.2 Å². The molecule has 10 heteroatoms. The molecule has 0 aliphatic carbocycles. The standard InChI is InChI=1S/C19H14F6N4/c20-18(21,22)17(19(23,24)25)7-9-29(11-17)16-13-5-1-2-6-14(13)27-15(28-16)12-4-3-8-26-10-12/h1-6,8,10H,7,9,11H2. The van der Waals surface area contributed by atoms with Gasteiger partial charge in [-0.2, -0.15) is 26.3 Å². The summed E-state index contributed by atoms with van der Waals surface area (Å²) in [6.07, 6.45) is -8.91. The first-order valence-corrected chi connectivity index (χ1v) is 8.68. The monoisotopic (exact) mass is 412 g/mol. The van der Waals surface area contributed by atoms with Crippen LogP contribution in [0, 0.1) is 5.41 Å². The van der Waals surface area contributed by atoms with Crippen LogP contribution in [-0.4, -0.2) is 40.4 Å². The van der Waals surface area contributed by atoms with E-state index in [-0.39, 0.29) is 11.6 Å². The Morgan fingerprint density at radius 3 is 2.24 bits per heavy atom. The molecule has 29 heavy (non-hydrogen) atoms. The summed E-state index contributed by atoms with van der Waals surface area (Å²) in [4.78, 5) is 13.7. The van der Waals surface area contributed by atoms with E-state index in [1.54, 1.807) is 36.4 Å². The zero-order valence-corrected chi connectivity index (χ0v) is 14.8. The SMILES string of the molecule is FC(F)(F)C1(C(F)(F)F)CCN(c2nc(-c3cccnc3)nc3ccccc23)C1. The van der Waals surface area contributed by atoms with Crippen LogP contribution < -0.4 is 4.90 Å². The minimum atomic E-state index is -5.42. The van der Waals surface area contributed by atoms with Gasteiger partial charge in [0.1, 0.15) is 5.82 Å². The van der Waals surface area contributed by atoms with E-state index in [0.717, 1.165) is 4.90 Å². The Hall–Kier alpha value is -2.91. The normalized spacial score (nSPS) is 17.1. The highest BCUT2D eigenvalue weighted by Gasteiger charge is 2.72. The molecule has 152 valence electrons. The number of nitrogens with zero attached hydrogens (tertiary/aromatic N) is 4. The van der Waals surface area contributed by atoms with Crippen LogP contribution in [0.2, 0.25) is 0 Å². The van der Waals surface area contributed by atoms with Crippen LogP contribution in [0.4, 0.5) is 32.2 Å². The van der Waals surface area contributed by atoms with E-state index >= 15 is 0 Å². The molecule has 4 nitrogen and oxygen atoms in total. The van der Waals surface area contributed by atoms with Gasteiger partial charge in [0.2, 0.25) is 0 Å². The van der Waals surface area contributed by atoms with E-state index in [1.165, 1.54) is 12.4 Å².